The van der Waals surface area contributed by atoms with Crippen molar-refractivity contribution in [3.05, 3.63) is 64.5 Å². The van der Waals surface area contributed by atoms with E-state index in [-0.39, 0.29) is 29.0 Å². The van der Waals surface area contributed by atoms with Gasteiger partial charge in [-0.05, 0) is 78.0 Å². The number of hydrogen-bond acceptors (Lipinski definition) is 7. The van der Waals surface area contributed by atoms with Crippen LogP contribution >= 0.6 is 0 Å². The first-order valence-corrected chi connectivity index (χ1v) is 15.8. The number of methoxy groups -OCH3 is 2. The van der Waals surface area contributed by atoms with E-state index in [0.29, 0.717) is 31.4 Å². The smallest absolute Gasteiger partial charge is 0.178 e. The molecular formula is C34H42N4O4. The Morgan fingerprint density at radius 3 is 2.60 bits per heavy atom. The van der Waals surface area contributed by atoms with Crippen molar-refractivity contribution in [2.24, 2.45) is 29.1 Å². The lowest BCUT2D eigenvalue weighted by Gasteiger charge is -2.66. The zero-order valence-corrected chi connectivity index (χ0v) is 25.0. The minimum absolute atomic E-state index is 0.0194. The number of aromatic nitrogens is 4. The minimum atomic E-state index is -0.0286. The van der Waals surface area contributed by atoms with Crippen molar-refractivity contribution in [2.75, 3.05) is 20.8 Å². The lowest BCUT2D eigenvalue weighted by Crippen LogP contribution is -2.69. The molecule has 3 saturated carbocycles. The largest absolute Gasteiger partial charge is 0.493 e. The van der Waals surface area contributed by atoms with Gasteiger partial charge in [0.25, 0.3) is 0 Å². The van der Waals surface area contributed by atoms with Crippen molar-refractivity contribution in [1.29, 1.82) is 0 Å². The van der Waals surface area contributed by atoms with Gasteiger partial charge in [-0.2, -0.15) is 5.21 Å². The zero-order valence-electron chi connectivity index (χ0n) is 25.0. The molecule has 4 aliphatic carbocycles. The predicted octanol–water partition coefficient (Wildman–Crippen LogP) is 5.44. The maximum atomic E-state index is 7.03. The summed E-state index contributed by atoms with van der Waals surface area (Å²) in [6.45, 7) is 3.84. The van der Waals surface area contributed by atoms with E-state index in [0.717, 1.165) is 47.3 Å². The van der Waals surface area contributed by atoms with Gasteiger partial charge < -0.3 is 18.9 Å². The monoisotopic (exact) mass is 570 g/mol. The minimum Gasteiger partial charge on any atom is -0.493 e. The second kappa shape index (κ2) is 10.1. The number of benzene rings is 2. The number of nitrogens with zero attached hydrogens (tertiary/aromatic N) is 3. The Bertz CT molecular complexity index is 1440. The van der Waals surface area contributed by atoms with Gasteiger partial charge in [0.15, 0.2) is 17.3 Å². The first-order valence-electron chi connectivity index (χ1n) is 15.8. The Morgan fingerprint density at radius 1 is 1.02 bits per heavy atom. The summed E-state index contributed by atoms with van der Waals surface area (Å²) < 4.78 is 25.8. The Labute approximate surface area is 247 Å². The van der Waals surface area contributed by atoms with Gasteiger partial charge >= 0.3 is 0 Å². The molecule has 1 aromatic heterocycles. The van der Waals surface area contributed by atoms with Gasteiger partial charge in [0.1, 0.15) is 6.10 Å². The van der Waals surface area contributed by atoms with E-state index in [1.54, 1.807) is 7.11 Å². The predicted molar refractivity (Wildman–Crippen MR) is 156 cm³/mol. The summed E-state index contributed by atoms with van der Waals surface area (Å²) in [7, 11) is 3.63. The lowest BCUT2D eigenvalue weighted by atomic mass is 9.37. The van der Waals surface area contributed by atoms with Crippen LogP contribution in [0.3, 0.4) is 0 Å². The molecule has 0 saturated heterocycles. The average molecular weight is 571 g/mol. The SMILES string of the molecule is COc1ccc2c3c1OC1C(OC)C(COCc4ccc(Cc5nn[nH]n5)cc4)CC4(C)C(C2)C(CC2CC2)CCC314. The highest BCUT2D eigenvalue weighted by molar-refractivity contribution is 5.62. The van der Waals surface area contributed by atoms with Crippen LogP contribution in [0.25, 0.3) is 0 Å². The standard InChI is InChI=1S/C34H42N4O4/c1-33-17-25(19-41-18-22-8-6-21(7-9-22)15-28-35-37-38-36-28)30(40-3)32-34(33)13-12-23(14-20-4-5-20)26(33)16-24-10-11-27(39-2)31(42-32)29(24)34/h6-11,20,23,25-26,30,32H,4-5,12-19H2,1-3H3,(H,35,36,37,38). The molecule has 5 aliphatic rings. The van der Waals surface area contributed by atoms with Crippen LogP contribution in [0.2, 0.25) is 0 Å². The molecule has 8 heteroatoms. The Hall–Kier alpha value is -2.97. The van der Waals surface area contributed by atoms with Gasteiger partial charge in [-0.1, -0.05) is 55.3 Å². The Morgan fingerprint density at radius 2 is 1.86 bits per heavy atom. The van der Waals surface area contributed by atoms with E-state index >= 15 is 0 Å². The molecule has 1 spiro atoms. The van der Waals surface area contributed by atoms with Crippen molar-refractivity contribution < 1.29 is 18.9 Å². The fourth-order valence-electron chi connectivity index (χ4n) is 9.81. The van der Waals surface area contributed by atoms with Crippen molar-refractivity contribution in [3.8, 4) is 11.5 Å². The molecule has 3 aromatic rings. The summed E-state index contributed by atoms with van der Waals surface area (Å²) in [4.78, 5) is 0. The van der Waals surface area contributed by atoms with E-state index in [1.807, 2.05) is 7.11 Å². The summed E-state index contributed by atoms with van der Waals surface area (Å²) in [6, 6.07) is 13.0. The topological polar surface area (TPSA) is 91.4 Å². The third-order valence-electron chi connectivity index (χ3n) is 11.8. The summed E-state index contributed by atoms with van der Waals surface area (Å²) in [5.41, 5.74) is 5.36. The number of hydrogen-bond donors (Lipinski definition) is 1. The fraction of sp³-hybridized carbons (Fsp3) is 0.618. The normalized spacial score (nSPS) is 34.1. The quantitative estimate of drug-likeness (QED) is 0.347. The molecule has 2 heterocycles. The summed E-state index contributed by atoms with van der Waals surface area (Å²) in [5.74, 6) is 5.21. The van der Waals surface area contributed by atoms with E-state index in [4.69, 9.17) is 18.9 Å². The van der Waals surface area contributed by atoms with Gasteiger partial charge in [0.05, 0.1) is 26.4 Å². The maximum Gasteiger partial charge on any atom is 0.178 e. The lowest BCUT2D eigenvalue weighted by molar-refractivity contribution is -0.191. The number of tetrazole rings is 1. The first kappa shape index (κ1) is 26.6. The maximum absolute atomic E-state index is 7.03. The van der Waals surface area contributed by atoms with Crippen LogP contribution in [-0.2, 0) is 34.3 Å². The number of nitrogens with one attached hydrogen (secondary N) is 1. The van der Waals surface area contributed by atoms with Gasteiger partial charge in [0.2, 0.25) is 0 Å². The van der Waals surface area contributed by atoms with Crippen LogP contribution in [0.5, 0.6) is 11.5 Å². The second-order valence-corrected chi connectivity index (χ2v) is 13.8. The van der Waals surface area contributed by atoms with E-state index < -0.39 is 0 Å². The molecule has 3 fully saturated rings. The number of ether oxygens (including phenoxy) is 4. The van der Waals surface area contributed by atoms with Crippen LogP contribution in [0.15, 0.2) is 36.4 Å². The average Bonchev–Trinajstić information content (AvgIpc) is 3.53. The van der Waals surface area contributed by atoms with Gasteiger partial charge in [-0.3, -0.25) is 0 Å². The zero-order chi connectivity index (χ0) is 28.5. The molecule has 8 rings (SSSR count). The molecule has 7 unspecified atom stereocenters. The summed E-state index contributed by atoms with van der Waals surface area (Å²) in [6.07, 6.45) is 9.60. The van der Waals surface area contributed by atoms with Crippen molar-refractivity contribution in [2.45, 2.75) is 82.5 Å². The Kier molecular flexibility index (Phi) is 6.38. The van der Waals surface area contributed by atoms with Crippen LogP contribution in [-0.4, -0.2) is 53.7 Å². The van der Waals surface area contributed by atoms with E-state index in [9.17, 15) is 0 Å². The third-order valence-corrected chi connectivity index (χ3v) is 11.8. The van der Waals surface area contributed by atoms with Crippen LogP contribution in [0.4, 0.5) is 0 Å². The molecule has 0 radical (unpaired) electrons. The number of rotatable bonds is 10. The highest BCUT2D eigenvalue weighted by Gasteiger charge is 2.73. The number of H-pyrrole nitrogens is 1. The molecule has 42 heavy (non-hydrogen) atoms. The highest BCUT2D eigenvalue weighted by Crippen LogP contribution is 2.73. The molecule has 0 amide bonds. The van der Waals surface area contributed by atoms with Crippen LogP contribution in [0, 0.1) is 29.1 Å². The second-order valence-electron chi connectivity index (χ2n) is 13.8. The molecule has 2 bridgehead atoms. The van der Waals surface area contributed by atoms with Crippen molar-refractivity contribution in [1.82, 2.24) is 20.6 Å². The van der Waals surface area contributed by atoms with Crippen LogP contribution < -0.4 is 9.47 Å². The van der Waals surface area contributed by atoms with E-state index in [2.05, 4.69) is 63.9 Å². The third kappa shape index (κ3) is 3.97. The van der Waals surface area contributed by atoms with Crippen molar-refractivity contribution in [3.63, 3.8) is 0 Å². The summed E-state index contributed by atoms with van der Waals surface area (Å²) in [5, 5.41) is 14.3. The molecule has 222 valence electrons. The van der Waals surface area contributed by atoms with Gasteiger partial charge in [-0.15, -0.1) is 10.2 Å². The molecule has 2 aromatic carbocycles. The summed E-state index contributed by atoms with van der Waals surface area (Å²) >= 11 is 0. The first-order chi connectivity index (χ1) is 20.5. The molecule has 1 N–H and O–H groups in total. The van der Waals surface area contributed by atoms with Crippen molar-refractivity contribution >= 4 is 0 Å². The van der Waals surface area contributed by atoms with Gasteiger partial charge in [-0.25, -0.2) is 0 Å². The van der Waals surface area contributed by atoms with Gasteiger partial charge in [0, 0.05) is 30.4 Å². The molecular weight excluding hydrogens is 528 g/mol. The number of aromatic amines is 1. The van der Waals surface area contributed by atoms with Crippen LogP contribution in [0.1, 0.15) is 73.5 Å². The Balaban J connectivity index is 1.06. The molecule has 7 atom stereocenters. The molecule has 8 nitrogen and oxygen atoms in total. The van der Waals surface area contributed by atoms with E-state index in [1.165, 1.54) is 43.2 Å². The highest BCUT2D eigenvalue weighted by atomic mass is 16.6. The fourth-order valence-corrected chi connectivity index (χ4v) is 9.81. The molecule has 1 aliphatic heterocycles.